The highest BCUT2D eigenvalue weighted by atomic mass is 16.5. The van der Waals surface area contributed by atoms with E-state index in [2.05, 4.69) is 13.2 Å². The maximum absolute atomic E-state index is 14.8. The molecule has 5 atom stereocenters. The van der Waals surface area contributed by atoms with Gasteiger partial charge in [0.2, 0.25) is 11.8 Å². The van der Waals surface area contributed by atoms with E-state index in [4.69, 9.17) is 4.74 Å². The molecule has 234 valence electrons. The third kappa shape index (κ3) is 5.16. The average molecular weight is 608 g/mol. The standard InChI is InChI=1S/C37H41N3O5/c1-4-20-38(25-26-12-7-6-8-13-26)33(42)30-31-34(43)40(22-11-23-41)32(37(31)19-18-36(30,3)45-37)35(44)39(21-5-2)29-17-16-27-14-9-10-15-28(27)24-29/h4-10,12-17,24,30-32,41H,1-2,11,18-23,25H2,3H3/t30-,31+,32?,36+,37?/m1/s1. The Morgan fingerprint density at radius 2 is 1.69 bits per heavy atom. The van der Waals surface area contributed by atoms with Gasteiger partial charge in [0, 0.05) is 38.5 Å². The molecule has 1 N–H and O–H groups in total. The zero-order valence-electron chi connectivity index (χ0n) is 25.8. The van der Waals surface area contributed by atoms with Crippen molar-refractivity contribution in [1.29, 1.82) is 0 Å². The number of hydrogen-bond donors (Lipinski definition) is 1. The van der Waals surface area contributed by atoms with Gasteiger partial charge >= 0.3 is 0 Å². The summed E-state index contributed by atoms with van der Waals surface area (Å²) in [4.78, 5) is 48.7. The van der Waals surface area contributed by atoms with Crippen LogP contribution >= 0.6 is 0 Å². The Labute approximate surface area is 264 Å². The monoisotopic (exact) mass is 607 g/mol. The summed E-state index contributed by atoms with van der Waals surface area (Å²) in [5.74, 6) is -2.29. The Morgan fingerprint density at radius 1 is 0.978 bits per heavy atom. The number of likely N-dealkylation sites (tertiary alicyclic amines) is 1. The molecule has 3 saturated heterocycles. The Bertz CT molecular complexity index is 1620. The summed E-state index contributed by atoms with van der Waals surface area (Å²) in [5.41, 5.74) is -0.398. The molecule has 3 aromatic carbocycles. The Morgan fingerprint density at radius 3 is 2.40 bits per heavy atom. The second-order valence-electron chi connectivity index (χ2n) is 12.6. The van der Waals surface area contributed by atoms with Crippen molar-refractivity contribution in [3.05, 3.63) is 104 Å². The van der Waals surface area contributed by atoms with E-state index in [1.54, 1.807) is 26.9 Å². The van der Waals surface area contributed by atoms with Crippen LogP contribution in [-0.2, 0) is 25.7 Å². The van der Waals surface area contributed by atoms with Crippen molar-refractivity contribution in [3.63, 3.8) is 0 Å². The molecule has 3 amide bonds. The van der Waals surface area contributed by atoms with Crippen molar-refractivity contribution in [2.24, 2.45) is 11.8 Å². The number of fused-ring (bicyclic) bond motifs is 2. The highest BCUT2D eigenvalue weighted by Crippen LogP contribution is 2.63. The summed E-state index contributed by atoms with van der Waals surface area (Å²) >= 11 is 0. The molecule has 3 aromatic rings. The third-order valence-electron chi connectivity index (χ3n) is 9.83. The summed E-state index contributed by atoms with van der Waals surface area (Å²) in [5, 5.41) is 11.8. The van der Waals surface area contributed by atoms with Crippen molar-refractivity contribution < 1.29 is 24.2 Å². The first-order chi connectivity index (χ1) is 21.8. The number of nitrogens with zero attached hydrogens (tertiary/aromatic N) is 3. The minimum Gasteiger partial charge on any atom is -0.396 e. The molecule has 8 heteroatoms. The van der Waals surface area contributed by atoms with Gasteiger partial charge in [-0.3, -0.25) is 14.4 Å². The smallest absolute Gasteiger partial charge is 0.253 e. The lowest BCUT2D eigenvalue weighted by Gasteiger charge is -2.37. The maximum atomic E-state index is 14.8. The van der Waals surface area contributed by atoms with Crippen LogP contribution in [0.2, 0.25) is 0 Å². The van der Waals surface area contributed by atoms with Crippen LogP contribution in [0.4, 0.5) is 5.69 Å². The molecule has 3 aliphatic rings. The van der Waals surface area contributed by atoms with Gasteiger partial charge in [0.05, 0.1) is 17.4 Å². The number of hydrogen-bond acceptors (Lipinski definition) is 5. The fourth-order valence-corrected chi connectivity index (χ4v) is 7.90. The lowest BCUT2D eigenvalue weighted by Crippen LogP contribution is -2.56. The minimum absolute atomic E-state index is 0.130. The second-order valence-corrected chi connectivity index (χ2v) is 12.6. The summed E-state index contributed by atoms with van der Waals surface area (Å²) in [7, 11) is 0. The van der Waals surface area contributed by atoms with E-state index in [-0.39, 0.29) is 37.4 Å². The second kappa shape index (κ2) is 12.3. The van der Waals surface area contributed by atoms with Crippen LogP contribution < -0.4 is 4.90 Å². The van der Waals surface area contributed by atoms with E-state index in [9.17, 15) is 19.5 Å². The number of anilines is 1. The van der Waals surface area contributed by atoms with Gasteiger partial charge in [-0.05, 0) is 54.7 Å². The highest BCUT2D eigenvalue weighted by molar-refractivity contribution is 6.06. The Balaban J connectivity index is 1.39. The van der Waals surface area contributed by atoms with Gasteiger partial charge < -0.3 is 24.5 Å². The van der Waals surface area contributed by atoms with Crippen LogP contribution in [-0.4, -0.2) is 76.1 Å². The van der Waals surface area contributed by atoms with E-state index in [1.807, 2.05) is 79.7 Å². The quantitative estimate of drug-likeness (QED) is 0.301. The molecule has 0 aromatic heterocycles. The molecule has 0 radical (unpaired) electrons. The van der Waals surface area contributed by atoms with E-state index in [0.717, 1.165) is 16.3 Å². The number of aliphatic hydroxyl groups is 1. The van der Waals surface area contributed by atoms with Gasteiger partial charge in [-0.25, -0.2) is 0 Å². The molecule has 3 aliphatic heterocycles. The summed E-state index contributed by atoms with van der Waals surface area (Å²) in [6.07, 6.45) is 4.71. The van der Waals surface area contributed by atoms with Crippen molar-refractivity contribution in [2.45, 2.75) is 50.0 Å². The number of rotatable bonds is 12. The number of carbonyl (C=O) groups is 3. The van der Waals surface area contributed by atoms with Crippen LogP contribution in [0.25, 0.3) is 10.8 Å². The molecule has 3 heterocycles. The summed E-state index contributed by atoms with van der Waals surface area (Å²) in [6.45, 7) is 10.7. The molecule has 2 unspecified atom stereocenters. The van der Waals surface area contributed by atoms with Crippen molar-refractivity contribution >= 4 is 34.2 Å². The van der Waals surface area contributed by atoms with Crippen LogP contribution in [0.1, 0.15) is 31.7 Å². The highest BCUT2D eigenvalue weighted by Gasteiger charge is 2.78. The van der Waals surface area contributed by atoms with Crippen molar-refractivity contribution in [3.8, 4) is 0 Å². The van der Waals surface area contributed by atoms with Crippen LogP contribution in [0.5, 0.6) is 0 Å². The third-order valence-corrected chi connectivity index (χ3v) is 9.83. The van der Waals surface area contributed by atoms with Gasteiger partial charge in [0.1, 0.15) is 11.6 Å². The van der Waals surface area contributed by atoms with E-state index in [1.165, 1.54) is 0 Å². The van der Waals surface area contributed by atoms with Gasteiger partial charge in [-0.15, -0.1) is 13.2 Å². The number of carbonyl (C=O) groups excluding carboxylic acids is 3. The van der Waals surface area contributed by atoms with E-state index in [0.29, 0.717) is 38.0 Å². The van der Waals surface area contributed by atoms with Gasteiger partial charge in [0.15, 0.2) is 0 Å². The normalized spacial score (nSPS) is 26.6. The number of aliphatic hydroxyl groups excluding tert-OH is 1. The fraction of sp³-hybridized carbons (Fsp3) is 0.378. The van der Waals surface area contributed by atoms with Gasteiger partial charge in [-0.2, -0.15) is 0 Å². The molecule has 8 nitrogen and oxygen atoms in total. The predicted octanol–water partition coefficient (Wildman–Crippen LogP) is 4.72. The largest absolute Gasteiger partial charge is 0.396 e. The zero-order chi connectivity index (χ0) is 31.8. The van der Waals surface area contributed by atoms with Gasteiger partial charge in [0.25, 0.3) is 5.91 Å². The lowest BCUT2D eigenvalue weighted by atomic mass is 9.66. The van der Waals surface area contributed by atoms with Crippen molar-refractivity contribution in [1.82, 2.24) is 9.80 Å². The maximum Gasteiger partial charge on any atom is 0.253 e. The first-order valence-corrected chi connectivity index (χ1v) is 15.7. The van der Waals surface area contributed by atoms with Crippen LogP contribution in [0.3, 0.4) is 0 Å². The number of amides is 3. The first-order valence-electron chi connectivity index (χ1n) is 15.7. The van der Waals surface area contributed by atoms with Crippen molar-refractivity contribution in [2.75, 3.05) is 31.1 Å². The topological polar surface area (TPSA) is 90.4 Å². The first kappa shape index (κ1) is 30.7. The SMILES string of the molecule is C=CCN(Cc1ccccc1)C(=O)[C@H]1[C@H]2C(=O)N(CCCO)C(C(=O)N(CC=C)c3ccc4ccccc4c3)C23CC[C@]1(C)O3. The molecule has 6 rings (SSSR count). The molecule has 1 spiro atoms. The molecular formula is C37H41N3O5. The Kier molecular flexibility index (Phi) is 8.37. The molecule has 3 fully saturated rings. The summed E-state index contributed by atoms with van der Waals surface area (Å²) in [6, 6.07) is 22.6. The summed E-state index contributed by atoms with van der Waals surface area (Å²) < 4.78 is 6.86. The van der Waals surface area contributed by atoms with E-state index >= 15 is 0 Å². The number of benzene rings is 3. The molecular weight excluding hydrogens is 566 g/mol. The zero-order valence-corrected chi connectivity index (χ0v) is 25.8. The minimum atomic E-state index is -1.17. The molecule has 45 heavy (non-hydrogen) atoms. The van der Waals surface area contributed by atoms with Crippen LogP contribution in [0.15, 0.2) is 98.1 Å². The lowest BCUT2D eigenvalue weighted by molar-refractivity contribution is -0.150. The van der Waals surface area contributed by atoms with Gasteiger partial charge in [-0.1, -0.05) is 72.8 Å². The fourth-order valence-electron chi connectivity index (χ4n) is 7.90. The molecule has 2 bridgehead atoms. The number of ether oxygens (including phenoxy) is 1. The Hall–Kier alpha value is -4.27. The average Bonchev–Trinajstić information content (AvgIpc) is 3.62. The van der Waals surface area contributed by atoms with Crippen LogP contribution in [0, 0.1) is 11.8 Å². The predicted molar refractivity (Wildman–Crippen MR) is 174 cm³/mol. The molecule has 0 saturated carbocycles. The molecule has 0 aliphatic carbocycles. The van der Waals surface area contributed by atoms with E-state index < -0.39 is 29.1 Å².